The number of anilines is 2. The van der Waals surface area contributed by atoms with Crippen molar-refractivity contribution in [3.8, 4) is 0 Å². The van der Waals surface area contributed by atoms with Crippen molar-refractivity contribution in [2.45, 2.75) is 63.6 Å². The van der Waals surface area contributed by atoms with E-state index in [1.807, 2.05) is 0 Å². The Hall–Kier alpha value is -1.33. The SMILES string of the molecule is CCO[C@H]1CC[C@H](N2CCC(Nc3cc(F)ccc3N)CC2)CC1. The molecule has 0 aromatic heterocycles. The summed E-state index contributed by atoms with van der Waals surface area (Å²) in [5, 5.41) is 3.43. The van der Waals surface area contributed by atoms with Crippen LogP contribution in [-0.4, -0.2) is 42.8 Å². The Morgan fingerprint density at radius 3 is 2.54 bits per heavy atom. The predicted octanol–water partition coefficient (Wildman–Crippen LogP) is 3.63. The van der Waals surface area contributed by atoms with Gasteiger partial charge in [0.05, 0.1) is 17.5 Å². The van der Waals surface area contributed by atoms with E-state index in [-0.39, 0.29) is 5.82 Å². The summed E-state index contributed by atoms with van der Waals surface area (Å²) in [7, 11) is 0. The third-order valence-corrected chi connectivity index (χ3v) is 5.47. The Balaban J connectivity index is 1.45. The van der Waals surface area contributed by atoms with Crippen molar-refractivity contribution in [2.75, 3.05) is 30.7 Å². The first-order chi connectivity index (χ1) is 11.7. The lowest BCUT2D eigenvalue weighted by atomic mass is 9.90. The maximum atomic E-state index is 13.4. The molecule has 1 aromatic rings. The fraction of sp³-hybridized carbons (Fsp3) is 0.684. The molecule has 1 saturated carbocycles. The maximum Gasteiger partial charge on any atom is 0.125 e. The van der Waals surface area contributed by atoms with Gasteiger partial charge >= 0.3 is 0 Å². The van der Waals surface area contributed by atoms with Gasteiger partial charge in [0.25, 0.3) is 0 Å². The molecule has 5 heteroatoms. The smallest absolute Gasteiger partial charge is 0.125 e. The van der Waals surface area contributed by atoms with Crippen LogP contribution in [0.25, 0.3) is 0 Å². The molecule has 2 fully saturated rings. The largest absolute Gasteiger partial charge is 0.397 e. The van der Waals surface area contributed by atoms with E-state index in [4.69, 9.17) is 10.5 Å². The molecule has 1 saturated heterocycles. The zero-order valence-corrected chi connectivity index (χ0v) is 14.6. The van der Waals surface area contributed by atoms with Crippen LogP contribution < -0.4 is 11.1 Å². The number of piperidine rings is 1. The minimum Gasteiger partial charge on any atom is -0.397 e. The molecule has 0 atom stereocenters. The van der Waals surface area contributed by atoms with Gasteiger partial charge in [0, 0.05) is 31.8 Å². The maximum absolute atomic E-state index is 13.4. The zero-order valence-electron chi connectivity index (χ0n) is 14.6. The van der Waals surface area contributed by atoms with Crippen molar-refractivity contribution < 1.29 is 9.13 Å². The lowest BCUT2D eigenvalue weighted by Crippen LogP contribution is -2.46. The molecule has 1 aliphatic carbocycles. The highest BCUT2D eigenvalue weighted by atomic mass is 19.1. The molecular weight excluding hydrogens is 305 g/mol. The van der Waals surface area contributed by atoms with Crippen molar-refractivity contribution in [2.24, 2.45) is 0 Å². The van der Waals surface area contributed by atoms with Gasteiger partial charge in [-0.05, 0) is 63.6 Å². The number of likely N-dealkylation sites (tertiary alicyclic amines) is 1. The van der Waals surface area contributed by atoms with Crippen LogP contribution in [0.1, 0.15) is 45.4 Å². The Morgan fingerprint density at radius 1 is 1.17 bits per heavy atom. The Labute approximate surface area is 144 Å². The highest BCUT2D eigenvalue weighted by molar-refractivity contribution is 5.66. The standard InChI is InChI=1S/C19H30FN3O/c1-2-24-17-6-4-16(5-7-17)23-11-9-15(10-12-23)22-19-13-14(20)3-8-18(19)21/h3,8,13,15-17,22H,2,4-7,9-12,21H2,1H3/t16-,17-. The van der Waals surface area contributed by atoms with Crippen LogP contribution in [0.4, 0.5) is 15.8 Å². The van der Waals surface area contributed by atoms with E-state index in [1.165, 1.54) is 37.8 Å². The van der Waals surface area contributed by atoms with Crippen LogP contribution in [0.3, 0.4) is 0 Å². The molecule has 24 heavy (non-hydrogen) atoms. The van der Waals surface area contributed by atoms with Gasteiger partial charge < -0.3 is 20.7 Å². The first kappa shape index (κ1) is 17.5. The monoisotopic (exact) mass is 335 g/mol. The Morgan fingerprint density at radius 2 is 1.88 bits per heavy atom. The number of nitrogens with one attached hydrogen (secondary N) is 1. The minimum absolute atomic E-state index is 0.241. The number of hydrogen-bond acceptors (Lipinski definition) is 4. The topological polar surface area (TPSA) is 50.5 Å². The fourth-order valence-electron chi connectivity index (χ4n) is 4.10. The van der Waals surface area contributed by atoms with E-state index in [0.717, 1.165) is 38.2 Å². The molecule has 0 unspecified atom stereocenters. The molecular formula is C19H30FN3O. The summed E-state index contributed by atoms with van der Waals surface area (Å²) in [6, 6.07) is 5.62. The second-order valence-corrected chi connectivity index (χ2v) is 7.07. The van der Waals surface area contributed by atoms with Crippen molar-refractivity contribution in [1.29, 1.82) is 0 Å². The third kappa shape index (κ3) is 4.39. The Kier molecular flexibility index (Phi) is 5.95. The summed E-state index contributed by atoms with van der Waals surface area (Å²) in [6.45, 7) is 5.12. The van der Waals surface area contributed by atoms with Gasteiger partial charge in [-0.25, -0.2) is 4.39 Å². The van der Waals surface area contributed by atoms with Crippen LogP contribution in [0, 0.1) is 5.82 Å². The quantitative estimate of drug-likeness (QED) is 0.807. The molecule has 3 N–H and O–H groups in total. The molecule has 1 aromatic carbocycles. The molecule has 4 nitrogen and oxygen atoms in total. The van der Waals surface area contributed by atoms with Gasteiger partial charge in [-0.15, -0.1) is 0 Å². The van der Waals surface area contributed by atoms with Gasteiger partial charge in [-0.3, -0.25) is 0 Å². The van der Waals surface area contributed by atoms with E-state index in [0.29, 0.717) is 23.9 Å². The van der Waals surface area contributed by atoms with Crippen molar-refractivity contribution >= 4 is 11.4 Å². The molecule has 1 heterocycles. The highest BCUT2D eigenvalue weighted by Crippen LogP contribution is 2.29. The van der Waals surface area contributed by atoms with E-state index in [1.54, 1.807) is 6.07 Å². The lowest BCUT2D eigenvalue weighted by Gasteiger charge is -2.41. The van der Waals surface area contributed by atoms with Gasteiger partial charge in [-0.2, -0.15) is 0 Å². The third-order valence-electron chi connectivity index (χ3n) is 5.47. The summed E-state index contributed by atoms with van der Waals surface area (Å²) in [5.41, 5.74) is 7.28. The first-order valence-corrected chi connectivity index (χ1v) is 9.33. The highest BCUT2D eigenvalue weighted by Gasteiger charge is 2.29. The number of nitrogen functional groups attached to an aromatic ring is 1. The molecule has 1 aliphatic heterocycles. The fourth-order valence-corrected chi connectivity index (χ4v) is 4.10. The number of ether oxygens (including phenoxy) is 1. The Bertz CT molecular complexity index is 523. The van der Waals surface area contributed by atoms with Crippen LogP contribution >= 0.6 is 0 Å². The summed E-state index contributed by atoms with van der Waals surface area (Å²) in [4.78, 5) is 2.63. The van der Waals surface area contributed by atoms with Crippen LogP contribution in [-0.2, 0) is 4.74 Å². The van der Waals surface area contributed by atoms with Gasteiger partial charge in [0.15, 0.2) is 0 Å². The summed E-state index contributed by atoms with van der Waals surface area (Å²) in [5.74, 6) is -0.241. The van der Waals surface area contributed by atoms with Crippen molar-refractivity contribution in [1.82, 2.24) is 4.90 Å². The first-order valence-electron chi connectivity index (χ1n) is 9.33. The predicted molar refractivity (Wildman–Crippen MR) is 96.7 cm³/mol. The number of nitrogens with zero attached hydrogens (tertiary/aromatic N) is 1. The normalized spacial score (nSPS) is 26.4. The van der Waals surface area contributed by atoms with Gasteiger partial charge in [0.2, 0.25) is 0 Å². The molecule has 0 amide bonds. The molecule has 134 valence electrons. The lowest BCUT2D eigenvalue weighted by molar-refractivity contribution is 0.00994. The summed E-state index contributed by atoms with van der Waals surface area (Å²) in [6.07, 6.45) is 7.52. The van der Waals surface area contributed by atoms with Gasteiger partial charge in [-0.1, -0.05) is 0 Å². The van der Waals surface area contributed by atoms with Crippen LogP contribution in [0.2, 0.25) is 0 Å². The average molecular weight is 335 g/mol. The summed E-state index contributed by atoms with van der Waals surface area (Å²) < 4.78 is 19.1. The molecule has 0 spiro atoms. The number of benzene rings is 1. The van der Waals surface area contributed by atoms with E-state index >= 15 is 0 Å². The number of hydrogen-bond donors (Lipinski definition) is 2. The second-order valence-electron chi connectivity index (χ2n) is 7.07. The zero-order chi connectivity index (χ0) is 16.9. The number of nitrogens with two attached hydrogens (primary N) is 1. The van der Waals surface area contributed by atoms with Crippen molar-refractivity contribution in [3.63, 3.8) is 0 Å². The number of halogens is 1. The van der Waals surface area contributed by atoms with E-state index in [9.17, 15) is 4.39 Å². The van der Waals surface area contributed by atoms with Crippen LogP contribution in [0.5, 0.6) is 0 Å². The summed E-state index contributed by atoms with van der Waals surface area (Å²) >= 11 is 0. The van der Waals surface area contributed by atoms with Gasteiger partial charge in [0.1, 0.15) is 5.82 Å². The molecule has 2 aliphatic rings. The average Bonchev–Trinajstić information content (AvgIpc) is 2.60. The molecule has 3 rings (SSSR count). The van der Waals surface area contributed by atoms with E-state index < -0.39 is 0 Å². The van der Waals surface area contributed by atoms with Crippen molar-refractivity contribution in [3.05, 3.63) is 24.0 Å². The number of rotatable bonds is 5. The van der Waals surface area contributed by atoms with Crippen LogP contribution in [0.15, 0.2) is 18.2 Å². The minimum atomic E-state index is -0.241. The molecule has 0 radical (unpaired) electrons. The second kappa shape index (κ2) is 8.17. The molecule has 0 bridgehead atoms. The van der Waals surface area contributed by atoms with E-state index in [2.05, 4.69) is 17.1 Å².